The number of nitrogens with two attached hydrogens (primary N) is 1. The SMILES string of the molecule is Cc1cccc([C@@](C)(N)CC#N)c1C. The molecule has 0 unspecified atom stereocenters. The Morgan fingerprint density at radius 1 is 1.43 bits per heavy atom. The van der Waals surface area contributed by atoms with E-state index in [-0.39, 0.29) is 0 Å². The van der Waals surface area contributed by atoms with Gasteiger partial charge >= 0.3 is 0 Å². The van der Waals surface area contributed by atoms with Crippen LogP contribution in [0.2, 0.25) is 0 Å². The van der Waals surface area contributed by atoms with Gasteiger partial charge in [-0.05, 0) is 37.5 Å². The number of nitrogens with zero attached hydrogens (tertiary/aromatic N) is 1. The van der Waals surface area contributed by atoms with E-state index in [1.165, 1.54) is 11.1 Å². The van der Waals surface area contributed by atoms with Gasteiger partial charge in [0.15, 0.2) is 0 Å². The van der Waals surface area contributed by atoms with Crippen LogP contribution in [0.3, 0.4) is 0 Å². The Balaban J connectivity index is 3.20. The molecule has 1 aromatic carbocycles. The molecule has 0 saturated heterocycles. The minimum absolute atomic E-state index is 0.345. The number of rotatable bonds is 2. The van der Waals surface area contributed by atoms with E-state index in [9.17, 15) is 0 Å². The van der Waals surface area contributed by atoms with Gasteiger partial charge in [0.05, 0.1) is 18.0 Å². The van der Waals surface area contributed by atoms with Crippen LogP contribution in [0.1, 0.15) is 30.0 Å². The highest BCUT2D eigenvalue weighted by Crippen LogP contribution is 2.26. The number of aryl methyl sites for hydroxylation is 1. The molecule has 0 radical (unpaired) electrons. The molecule has 0 aliphatic rings. The number of hydrogen-bond donors (Lipinski definition) is 1. The Morgan fingerprint density at radius 2 is 2.07 bits per heavy atom. The van der Waals surface area contributed by atoms with E-state index in [1.54, 1.807) is 0 Å². The van der Waals surface area contributed by atoms with Gasteiger partial charge in [-0.15, -0.1) is 0 Å². The Labute approximate surface area is 85.4 Å². The van der Waals surface area contributed by atoms with Crippen LogP contribution in [-0.4, -0.2) is 0 Å². The molecule has 0 aromatic heterocycles. The van der Waals surface area contributed by atoms with Crippen molar-refractivity contribution < 1.29 is 0 Å². The Kier molecular flexibility index (Phi) is 2.93. The summed E-state index contributed by atoms with van der Waals surface area (Å²) in [7, 11) is 0. The fourth-order valence-electron chi connectivity index (χ4n) is 1.63. The molecule has 1 rings (SSSR count). The molecule has 1 atom stereocenters. The highest BCUT2D eigenvalue weighted by Gasteiger charge is 2.22. The standard InChI is InChI=1S/C12H16N2/c1-9-5-4-6-11(10(9)2)12(3,14)7-8-13/h4-6H,7,14H2,1-3H3/t12-/m0/s1. The first-order chi connectivity index (χ1) is 6.49. The molecule has 0 saturated carbocycles. The lowest BCUT2D eigenvalue weighted by Crippen LogP contribution is -2.33. The molecule has 74 valence electrons. The average Bonchev–Trinajstić information content (AvgIpc) is 2.09. The Bertz CT molecular complexity index is 372. The second-order valence-corrected chi connectivity index (χ2v) is 4.00. The van der Waals surface area contributed by atoms with Gasteiger partial charge in [0, 0.05) is 0 Å². The summed E-state index contributed by atoms with van der Waals surface area (Å²) in [4.78, 5) is 0. The van der Waals surface area contributed by atoms with Crippen molar-refractivity contribution >= 4 is 0 Å². The van der Waals surface area contributed by atoms with Gasteiger partial charge in [-0.2, -0.15) is 5.26 Å². The minimum atomic E-state index is -0.537. The topological polar surface area (TPSA) is 49.8 Å². The van der Waals surface area contributed by atoms with Crippen molar-refractivity contribution in [3.63, 3.8) is 0 Å². The van der Waals surface area contributed by atoms with E-state index in [0.717, 1.165) is 5.56 Å². The predicted molar refractivity (Wildman–Crippen MR) is 57.7 cm³/mol. The lowest BCUT2D eigenvalue weighted by molar-refractivity contribution is 0.504. The van der Waals surface area contributed by atoms with Crippen molar-refractivity contribution in [3.8, 4) is 6.07 Å². The molecule has 2 heteroatoms. The molecule has 0 amide bonds. The third-order valence-electron chi connectivity index (χ3n) is 2.67. The summed E-state index contributed by atoms with van der Waals surface area (Å²) in [6, 6.07) is 8.17. The van der Waals surface area contributed by atoms with Crippen molar-refractivity contribution in [2.75, 3.05) is 0 Å². The maximum atomic E-state index is 8.69. The molecule has 2 nitrogen and oxygen atoms in total. The second-order valence-electron chi connectivity index (χ2n) is 4.00. The molecule has 0 heterocycles. The molecule has 0 aliphatic heterocycles. The first-order valence-electron chi connectivity index (χ1n) is 4.71. The van der Waals surface area contributed by atoms with E-state index in [2.05, 4.69) is 19.1 Å². The maximum absolute atomic E-state index is 8.69. The van der Waals surface area contributed by atoms with Crippen molar-refractivity contribution in [2.45, 2.75) is 32.7 Å². The lowest BCUT2D eigenvalue weighted by Gasteiger charge is -2.24. The molecule has 0 fully saturated rings. The normalized spacial score (nSPS) is 14.5. The molecule has 0 aliphatic carbocycles. The van der Waals surface area contributed by atoms with Gasteiger partial charge in [-0.25, -0.2) is 0 Å². The molecule has 1 aromatic rings. The fraction of sp³-hybridized carbons (Fsp3) is 0.417. The van der Waals surface area contributed by atoms with Crippen LogP contribution < -0.4 is 5.73 Å². The zero-order valence-electron chi connectivity index (χ0n) is 8.96. The van der Waals surface area contributed by atoms with Crippen LogP contribution in [0.15, 0.2) is 18.2 Å². The summed E-state index contributed by atoms with van der Waals surface area (Å²) in [6.45, 7) is 6.01. The van der Waals surface area contributed by atoms with Crippen LogP contribution in [0, 0.1) is 25.2 Å². The summed E-state index contributed by atoms with van der Waals surface area (Å²) in [6.07, 6.45) is 0.345. The average molecular weight is 188 g/mol. The summed E-state index contributed by atoms with van der Waals surface area (Å²) in [5.41, 5.74) is 9.03. The first-order valence-corrected chi connectivity index (χ1v) is 4.71. The van der Waals surface area contributed by atoms with E-state index in [4.69, 9.17) is 11.0 Å². The molecule has 0 bridgehead atoms. The third-order valence-corrected chi connectivity index (χ3v) is 2.67. The first kappa shape index (κ1) is 10.7. The van der Waals surface area contributed by atoms with Gasteiger partial charge in [-0.1, -0.05) is 18.2 Å². The smallest absolute Gasteiger partial charge is 0.0644 e. The summed E-state index contributed by atoms with van der Waals surface area (Å²) < 4.78 is 0. The van der Waals surface area contributed by atoms with Crippen LogP contribution in [-0.2, 0) is 5.54 Å². The van der Waals surface area contributed by atoms with Crippen LogP contribution >= 0.6 is 0 Å². The Morgan fingerprint density at radius 3 is 2.64 bits per heavy atom. The van der Waals surface area contributed by atoms with Crippen molar-refractivity contribution in [1.29, 1.82) is 5.26 Å². The van der Waals surface area contributed by atoms with Crippen LogP contribution in [0.4, 0.5) is 0 Å². The number of nitriles is 1. The minimum Gasteiger partial charge on any atom is -0.321 e. The molecular formula is C12H16N2. The molecular weight excluding hydrogens is 172 g/mol. The van der Waals surface area contributed by atoms with Gasteiger partial charge in [0.1, 0.15) is 0 Å². The van der Waals surface area contributed by atoms with Crippen LogP contribution in [0.25, 0.3) is 0 Å². The molecule has 0 spiro atoms. The van der Waals surface area contributed by atoms with Crippen molar-refractivity contribution in [1.82, 2.24) is 0 Å². The van der Waals surface area contributed by atoms with E-state index in [1.807, 2.05) is 26.0 Å². The largest absolute Gasteiger partial charge is 0.321 e. The summed E-state index contributed by atoms with van der Waals surface area (Å²) in [5, 5.41) is 8.69. The monoisotopic (exact) mass is 188 g/mol. The zero-order valence-corrected chi connectivity index (χ0v) is 8.96. The van der Waals surface area contributed by atoms with Gasteiger partial charge in [-0.3, -0.25) is 0 Å². The fourth-order valence-corrected chi connectivity index (χ4v) is 1.63. The lowest BCUT2D eigenvalue weighted by atomic mass is 9.86. The Hall–Kier alpha value is -1.33. The zero-order chi connectivity index (χ0) is 10.8. The molecule has 14 heavy (non-hydrogen) atoms. The summed E-state index contributed by atoms with van der Waals surface area (Å²) >= 11 is 0. The highest BCUT2D eigenvalue weighted by atomic mass is 14.7. The van der Waals surface area contributed by atoms with Crippen LogP contribution in [0.5, 0.6) is 0 Å². The third kappa shape index (κ3) is 1.94. The number of hydrogen-bond acceptors (Lipinski definition) is 2. The predicted octanol–water partition coefficient (Wildman–Crippen LogP) is 2.39. The molecule has 2 N–H and O–H groups in total. The second kappa shape index (κ2) is 3.81. The van der Waals surface area contributed by atoms with Gasteiger partial charge < -0.3 is 5.73 Å². The van der Waals surface area contributed by atoms with E-state index < -0.39 is 5.54 Å². The van der Waals surface area contributed by atoms with Crippen molar-refractivity contribution in [3.05, 3.63) is 34.9 Å². The summed E-state index contributed by atoms with van der Waals surface area (Å²) in [5.74, 6) is 0. The number of benzene rings is 1. The highest BCUT2D eigenvalue weighted by molar-refractivity contribution is 5.38. The van der Waals surface area contributed by atoms with Gasteiger partial charge in [0.2, 0.25) is 0 Å². The van der Waals surface area contributed by atoms with E-state index >= 15 is 0 Å². The maximum Gasteiger partial charge on any atom is 0.0644 e. The van der Waals surface area contributed by atoms with E-state index in [0.29, 0.717) is 6.42 Å². The van der Waals surface area contributed by atoms with Crippen molar-refractivity contribution in [2.24, 2.45) is 5.73 Å². The van der Waals surface area contributed by atoms with Gasteiger partial charge in [0.25, 0.3) is 0 Å². The quantitative estimate of drug-likeness (QED) is 0.774.